The molecule has 0 saturated heterocycles. The number of rotatable bonds is 10. The van der Waals surface area contributed by atoms with Crippen LogP contribution in [0.4, 0.5) is 4.39 Å². The maximum absolute atomic E-state index is 13.3. The molecular weight excluding hydrogens is 333 g/mol. The molecule has 21 heavy (non-hydrogen) atoms. The summed E-state index contributed by atoms with van der Waals surface area (Å²) in [6.45, 7) is 2.88. The molecule has 0 fully saturated rings. The maximum Gasteiger partial charge on any atom is 0.251 e. The molecule has 0 heterocycles. The third kappa shape index (κ3) is 7.60. The van der Waals surface area contributed by atoms with Gasteiger partial charge >= 0.3 is 0 Å². The fourth-order valence-electron chi connectivity index (χ4n) is 2.20. The number of amides is 1. The summed E-state index contributed by atoms with van der Waals surface area (Å²) >= 11 is 3.08. The Labute approximate surface area is 135 Å². The molecule has 0 radical (unpaired) electrons. The van der Waals surface area contributed by atoms with E-state index in [1.165, 1.54) is 44.6 Å². The molecule has 1 aromatic carbocycles. The molecule has 0 aliphatic heterocycles. The lowest BCUT2D eigenvalue weighted by Gasteiger charge is -2.06. The quantitative estimate of drug-likeness (QED) is 0.553. The van der Waals surface area contributed by atoms with E-state index in [1.807, 2.05) is 0 Å². The van der Waals surface area contributed by atoms with Gasteiger partial charge in [-0.2, -0.15) is 0 Å². The Morgan fingerprint density at radius 2 is 1.71 bits per heavy atom. The van der Waals surface area contributed by atoms with Crippen molar-refractivity contribution in [1.82, 2.24) is 5.32 Å². The van der Waals surface area contributed by atoms with E-state index in [-0.39, 0.29) is 5.91 Å². The molecule has 1 amide bonds. The zero-order valence-electron chi connectivity index (χ0n) is 12.8. The molecule has 0 aromatic heterocycles. The van der Waals surface area contributed by atoms with Crippen molar-refractivity contribution in [1.29, 1.82) is 0 Å². The SMILES string of the molecule is CCCCCCCCCCNC(=O)c1ccc(Br)c(F)c1. The van der Waals surface area contributed by atoms with Gasteiger partial charge in [0.25, 0.3) is 5.91 Å². The minimum atomic E-state index is -0.408. The number of hydrogen-bond donors (Lipinski definition) is 1. The Hall–Kier alpha value is -0.900. The second-order valence-corrected chi connectivity index (χ2v) is 6.21. The molecule has 0 saturated carbocycles. The predicted octanol–water partition coefficient (Wildman–Crippen LogP) is 5.46. The number of carbonyl (C=O) groups is 1. The van der Waals surface area contributed by atoms with E-state index in [0.717, 1.165) is 12.8 Å². The molecule has 4 heteroatoms. The van der Waals surface area contributed by atoms with Crippen molar-refractivity contribution in [2.45, 2.75) is 58.3 Å². The lowest BCUT2D eigenvalue weighted by atomic mass is 10.1. The normalized spacial score (nSPS) is 10.6. The van der Waals surface area contributed by atoms with E-state index in [2.05, 4.69) is 28.2 Å². The molecule has 0 unspecified atom stereocenters. The number of halogens is 2. The van der Waals surface area contributed by atoms with E-state index >= 15 is 0 Å². The smallest absolute Gasteiger partial charge is 0.251 e. The van der Waals surface area contributed by atoms with Crippen LogP contribution >= 0.6 is 15.9 Å². The van der Waals surface area contributed by atoms with Gasteiger partial charge in [0.05, 0.1) is 4.47 Å². The van der Waals surface area contributed by atoms with Gasteiger partial charge in [0.15, 0.2) is 0 Å². The number of unbranched alkanes of at least 4 members (excludes halogenated alkanes) is 7. The van der Waals surface area contributed by atoms with Gasteiger partial charge in [-0.05, 0) is 40.5 Å². The lowest BCUT2D eigenvalue weighted by molar-refractivity contribution is 0.0952. The summed E-state index contributed by atoms with van der Waals surface area (Å²) in [7, 11) is 0. The summed E-state index contributed by atoms with van der Waals surface area (Å²) in [4.78, 5) is 11.8. The highest BCUT2D eigenvalue weighted by Gasteiger charge is 2.07. The summed E-state index contributed by atoms with van der Waals surface area (Å²) < 4.78 is 13.7. The number of nitrogens with one attached hydrogen (secondary N) is 1. The van der Waals surface area contributed by atoms with Crippen LogP contribution < -0.4 is 5.32 Å². The molecule has 0 aliphatic carbocycles. The standard InChI is InChI=1S/C17H25BrFNO/c1-2-3-4-5-6-7-8-9-12-20-17(21)14-10-11-15(18)16(19)13-14/h10-11,13H,2-9,12H2,1H3,(H,20,21). The van der Waals surface area contributed by atoms with Crippen LogP contribution in [0.25, 0.3) is 0 Å². The van der Waals surface area contributed by atoms with Crippen molar-refractivity contribution >= 4 is 21.8 Å². The van der Waals surface area contributed by atoms with Gasteiger partial charge in [0.1, 0.15) is 5.82 Å². The van der Waals surface area contributed by atoms with Crippen LogP contribution in [-0.2, 0) is 0 Å². The van der Waals surface area contributed by atoms with Gasteiger partial charge in [0.2, 0.25) is 0 Å². The first-order valence-corrected chi connectivity index (χ1v) is 8.67. The Balaban J connectivity index is 2.09. The average molecular weight is 358 g/mol. The van der Waals surface area contributed by atoms with Gasteiger partial charge in [-0.15, -0.1) is 0 Å². The Bertz CT molecular complexity index is 437. The molecule has 0 aliphatic rings. The fourth-order valence-corrected chi connectivity index (χ4v) is 2.45. The Kier molecular flexibility index (Phi) is 9.31. The minimum Gasteiger partial charge on any atom is -0.352 e. The lowest BCUT2D eigenvalue weighted by Crippen LogP contribution is -2.24. The van der Waals surface area contributed by atoms with Crippen LogP contribution in [-0.4, -0.2) is 12.5 Å². The molecule has 1 aromatic rings. The second kappa shape index (κ2) is 10.8. The fraction of sp³-hybridized carbons (Fsp3) is 0.588. The highest BCUT2D eigenvalue weighted by molar-refractivity contribution is 9.10. The third-order valence-corrected chi connectivity index (χ3v) is 4.14. The number of carbonyl (C=O) groups excluding carboxylic acids is 1. The number of benzene rings is 1. The van der Waals surface area contributed by atoms with Crippen LogP contribution in [0.1, 0.15) is 68.6 Å². The molecule has 0 atom stereocenters. The summed E-state index contributed by atoms with van der Waals surface area (Å²) in [5, 5.41) is 2.84. The molecule has 0 spiro atoms. The van der Waals surface area contributed by atoms with Crippen molar-refractivity contribution in [3.05, 3.63) is 34.1 Å². The van der Waals surface area contributed by atoms with Crippen LogP contribution in [0, 0.1) is 5.82 Å². The van der Waals surface area contributed by atoms with Crippen molar-refractivity contribution < 1.29 is 9.18 Å². The summed E-state index contributed by atoms with van der Waals surface area (Å²) in [6, 6.07) is 4.43. The topological polar surface area (TPSA) is 29.1 Å². The van der Waals surface area contributed by atoms with Crippen molar-refractivity contribution in [3.63, 3.8) is 0 Å². The zero-order chi connectivity index (χ0) is 15.5. The highest BCUT2D eigenvalue weighted by Crippen LogP contribution is 2.16. The zero-order valence-corrected chi connectivity index (χ0v) is 14.3. The van der Waals surface area contributed by atoms with E-state index in [4.69, 9.17) is 0 Å². The largest absolute Gasteiger partial charge is 0.352 e. The van der Waals surface area contributed by atoms with Gasteiger partial charge in [0, 0.05) is 12.1 Å². The first-order chi connectivity index (χ1) is 10.1. The molecule has 118 valence electrons. The van der Waals surface area contributed by atoms with Crippen LogP contribution in [0.5, 0.6) is 0 Å². The Morgan fingerprint density at radius 1 is 1.10 bits per heavy atom. The summed E-state index contributed by atoms with van der Waals surface area (Å²) in [6.07, 6.45) is 9.90. The highest BCUT2D eigenvalue weighted by atomic mass is 79.9. The van der Waals surface area contributed by atoms with E-state index < -0.39 is 5.82 Å². The monoisotopic (exact) mass is 357 g/mol. The molecule has 1 N–H and O–H groups in total. The van der Waals surface area contributed by atoms with Gasteiger partial charge in [-0.1, -0.05) is 51.9 Å². The van der Waals surface area contributed by atoms with Crippen LogP contribution in [0.15, 0.2) is 22.7 Å². The number of hydrogen-bond acceptors (Lipinski definition) is 1. The molecule has 0 bridgehead atoms. The van der Waals surface area contributed by atoms with Crippen LogP contribution in [0.3, 0.4) is 0 Å². The summed E-state index contributed by atoms with van der Waals surface area (Å²) in [5.41, 5.74) is 0.371. The average Bonchev–Trinajstić information content (AvgIpc) is 2.48. The minimum absolute atomic E-state index is 0.204. The van der Waals surface area contributed by atoms with Crippen molar-refractivity contribution in [2.75, 3.05) is 6.54 Å². The van der Waals surface area contributed by atoms with Crippen molar-refractivity contribution in [2.24, 2.45) is 0 Å². The van der Waals surface area contributed by atoms with Crippen LogP contribution in [0.2, 0.25) is 0 Å². The predicted molar refractivity (Wildman–Crippen MR) is 89.0 cm³/mol. The molecule has 2 nitrogen and oxygen atoms in total. The molecular formula is C17H25BrFNO. The van der Waals surface area contributed by atoms with Crippen molar-refractivity contribution in [3.8, 4) is 0 Å². The maximum atomic E-state index is 13.3. The van der Waals surface area contributed by atoms with Gasteiger partial charge < -0.3 is 5.32 Å². The first-order valence-electron chi connectivity index (χ1n) is 7.88. The second-order valence-electron chi connectivity index (χ2n) is 5.36. The van der Waals surface area contributed by atoms with E-state index in [0.29, 0.717) is 16.6 Å². The summed E-state index contributed by atoms with van der Waals surface area (Å²) in [5.74, 6) is -0.612. The van der Waals surface area contributed by atoms with E-state index in [9.17, 15) is 9.18 Å². The Morgan fingerprint density at radius 3 is 2.33 bits per heavy atom. The third-order valence-electron chi connectivity index (χ3n) is 3.50. The van der Waals surface area contributed by atoms with E-state index in [1.54, 1.807) is 12.1 Å². The first kappa shape index (κ1) is 18.1. The van der Waals surface area contributed by atoms with Gasteiger partial charge in [-0.3, -0.25) is 4.79 Å². The van der Waals surface area contributed by atoms with Gasteiger partial charge in [-0.25, -0.2) is 4.39 Å². The molecule has 1 rings (SSSR count).